The molecule has 0 radical (unpaired) electrons. The molecular weight excluding hydrogens is 320 g/mol. The van der Waals surface area contributed by atoms with Gasteiger partial charge in [-0.05, 0) is 19.2 Å². The lowest BCUT2D eigenvalue weighted by Crippen LogP contribution is -2.17. The average molecular weight is 336 g/mol. The second-order valence-electron chi connectivity index (χ2n) is 5.55. The van der Waals surface area contributed by atoms with Gasteiger partial charge in [-0.2, -0.15) is 4.98 Å². The van der Waals surface area contributed by atoms with Crippen LogP contribution in [0.3, 0.4) is 0 Å². The molecule has 2 heterocycles. The zero-order valence-electron chi connectivity index (χ0n) is 13.4. The highest BCUT2D eigenvalue weighted by Crippen LogP contribution is 2.39. The Hall–Kier alpha value is -2.60. The van der Waals surface area contributed by atoms with Gasteiger partial charge in [-0.1, -0.05) is 59.8 Å². The van der Waals surface area contributed by atoms with Crippen LogP contribution >= 0.6 is 11.8 Å². The molecule has 24 heavy (non-hydrogen) atoms. The van der Waals surface area contributed by atoms with Crippen molar-refractivity contribution in [1.29, 1.82) is 0 Å². The molecule has 0 fully saturated rings. The predicted molar refractivity (Wildman–Crippen MR) is 95.2 cm³/mol. The molecule has 5 nitrogen and oxygen atoms in total. The largest absolute Gasteiger partial charge is 0.448 e. The molecule has 0 amide bonds. The highest BCUT2D eigenvalue weighted by atomic mass is 32.2. The zero-order chi connectivity index (χ0) is 16.5. The topological polar surface area (TPSA) is 59.9 Å². The first-order valence-corrected chi connectivity index (χ1v) is 8.85. The summed E-state index contributed by atoms with van der Waals surface area (Å²) in [4.78, 5) is 4.51. The van der Waals surface area contributed by atoms with Gasteiger partial charge in [0.25, 0.3) is 0 Å². The van der Waals surface area contributed by atoms with Crippen LogP contribution in [0, 0.1) is 6.92 Å². The summed E-state index contributed by atoms with van der Waals surface area (Å²) >= 11 is 1.44. The van der Waals surface area contributed by atoms with Crippen molar-refractivity contribution in [3.8, 4) is 17.1 Å². The predicted octanol–water partition coefficient (Wildman–Crippen LogP) is 4.07. The van der Waals surface area contributed by atoms with E-state index in [1.807, 2.05) is 30.5 Å². The number of ether oxygens (including phenoxy) is 1. The maximum Gasteiger partial charge on any atom is 0.247 e. The van der Waals surface area contributed by atoms with E-state index in [2.05, 4.69) is 51.7 Å². The number of hydrogen-bond donors (Lipinski definition) is 1. The highest BCUT2D eigenvalue weighted by molar-refractivity contribution is 7.98. The second-order valence-corrected chi connectivity index (χ2v) is 6.32. The van der Waals surface area contributed by atoms with Gasteiger partial charge in [-0.15, -0.1) is 10.2 Å². The fourth-order valence-electron chi connectivity index (χ4n) is 2.63. The molecule has 0 saturated heterocycles. The Kier molecular flexibility index (Phi) is 3.82. The maximum absolute atomic E-state index is 6.17. The summed E-state index contributed by atoms with van der Waals surface area (Å²) in [6, 6.07) is 16.2. The Balaban J connectivity index is 1.85. The molecule has 1 atom stereocenters. The van der Waals surface area contributed by atoms with Crippen LogP contribution in [0.1, 0.15) is 17.4 Å². The van der Waals surface area contributed by atoms with Gasteiger partial charge in [0, 0.05) is 16.8 Å². The smallest absolute Gasteiger partial charge is 0.247 e. The van der Waals surface area contributed by atoms with Crippen LogP contribution in [0.4, 0.5) is 5.69 Å². The molecule has 1 aromatic heterocycles. The molecule has 4 rings (SSSR count). The monoisotopic (exact) mass is 336 g/mol. The summed E-state index contributed by atoms with van der Waals surface area (Å²) < 4.78 is 6.17. The Bertz CT molecular complexity index is 882. The Morgan fingerprint density at radius 2 is 1.83 bits per heavy atom. The summed E-state index contributed by atoms with van der Waals surface area (Å²) in [5.41, 5.74) is 4.80. The number of benzene rings is 2. The van der Waals surface area contributed by atoms with Crippen molar-refractivity contribution in [2.75, 3.05) is 11.6 Å². The summed E-state index contributed by atoms with van der Waals surface area (Å²) in [6.45, 7) is 2.07. The first-order valence-electron chi connectivity index (χ1n) is 7.62. The molecule has 0 spiro atoms. The Morgan fingerprint density at radius 1 is 1.04 bits per heavy atom. The summed E-state index contributed by atoms with van der Waals surface area (Å²) in [7, 11) is 0. The second kappa shape index (κ2) is 6.13. The molecule has 1 aliphatic heterocycles. The number of nitrogens with one attached hydrogen (secondary N) is 1. The van der Waals surface area contributed by atoms with Crippen molar-refractivity contribution < 1.29 is 4.74 Å². The Labute approximate surface area is 144 Å². The normalized spacial score (nSPS) is 15.5. The van der Waals surface area contributed by atoms with E-state index < -0.39 is 0 Å². The third-order valence-corrected chi connectivity index (χ3v) is 4.43. The van der Waals surface area contributed by atoms with E-state index in [1.165, 1.54) is 17.3 Å². The van der Waals surface area contributed by atoms with E-state index in [-0.39, 0.29) is 6.23 Å². The fraction of sp³-hybridized carbons (Fsp3) is 0.167. The van der Waals surface area contributed by atoms with E-state index >= 15 is 0 Å². The van der Waals surface area contributed by atoms with E-state index in [1.54, 1.807) is 0 Å². The van der Waals surface area contributed by atoms with Crippen molar-refractivity contribution in [3.63, 3.8) is 0 Å². The van der Waals surface area contributed by atoms with Crippen LogP contribution in [0.15, 0.2) is 53.7 Å². The van der Waals surface area contributed by atoms with Gasteiger partial charge < -0.3 is 10.1 Å². The number of para-hydroxylation sites is 1. The summed E-state index contributed by atoms with van der Waals surface area (Å²) in [6.07, 6.45) is 1.59. The van der Waals surface area contributed by atoms with Crippen molar-refractivity contribution in [1.82, 2.24) is 15.2 Å². The highest BCUT2D eigenvalue weighted by Gasteiger charge is 2.25. The minimum absolute atomic E-state index is 0.334. The first kappa shape index (κ1) is 15.0. The van der Waals surface area contributed by atoms with Gasteiger partial charge in [-0.25, -0.2) is 0 Å². The van der Waals surface area contributed by atoms with Crippen molar-refractivity contribution >= 4 is 17.4 Å². The molecule has 1 N–H and O–H groups in total. The van der Waals surface area contributed by atoms with E-state index in [9.17, 15) is 0 Å². The average Bonchev–Trinajstić information content (AvgIpc) is 2.78. The van der Waals surface area contributed by atoms with Crippen LogP contribution < -0.4 is 10.1 Å². The number of aromatic nitrogens is 3. The molecule has 0 saturated carbocycles. The van der Waals surface area contributed by atoms with Crippen LogP contribution in [-0.4, -0.2) is 21.4 Å². The van der Waals surface area contributed by atoms with E-state index in [4.69, 9.17) is 4.74 Å². The number of fused-ring (bicyclic) bond motifs is 3. The molecule has 0 aliphatic carbocycles. The molecule has 0 bridgehead atoms. The molecule has 1 aliphatic rings. The minimum Gasteiger partial charge on any atom is -0.448 e. The standard InChI is InChI=1S/C18H16N4OS/c1-11-7-9-12(10-8-11)16-19-14-6-4-3-5-13(14)15-17(23-16)20-18(24-2)22-21-15/h3-10,16,19H,1-2H3. The number of aryl methyl sites for hydroxylation is 1. The van der Waals surface area contributed by atoms with Crippen molar-refractivity contribution in [3.05, 3.63) is 59.7 Å². The van der Waals surface area contributed by atoms with Gasteiger partial charge >= 0.3 is 0 Å². The first-order chi connectivity index (χ1) is 11.7. The van der Waals surface area contributed by atoms with Crippen LogP contribution in [0.5, 0.6) is 5.88 Å². The quantitative estimate of drug-likeness (QED) is 0.712. The van der Waals surface area contributed by atoms with Crippen LogP contribution in [0.2, 0.25) is 0 Å². The lowest BCUT2D eigenvalue weighted by atomic mass is 10.1. The Morgan fingerprint density at radius 3 is 2.62 bits per heavy atom. The summed E-state index contributed by atoms with van der Waals surface area (Å²) in [5, 5.41) is 12.5. The molecule has 2 aromatic carbocycles. The van der Waals surface area contributed by atoms with Gasteiger partial charge in [0.1, 0.15) is 0 Å². The summed E-state index contributed by atoms with van der Waals surface area (Å²) in [5.74, 6) is 0.498. The number of rotatable bonds is 2. The van der Waals surface area contributed by atoms with Crippen LogP contribution in [0.25, 0.3) is 11.3 Å². The minimum atomic E-state index is -0.334. The molecule has 6 heteroatoms. The van der Waals surface area contributed by atoms with Gasteiger partial charge in [0.2, 0.25) is 11.0 Å². The maximum atomic E-state index is 6.17. The molecule has 3 aromatic rings. The number of anilines is 1. The molecule has 120 valence electrons. The fourth-order valence-corrected chi connectivity index (χ4v) is 2.92. The van der Waals surface area contributed by atoms with Gasteiger partial charge in [0.05, 0.1) is 0 Å². The third kappa shape index (κ3) is 2.69. The van der Waals surface area contributed by atoms with Gasteiger partial charge in [-0.3, -0.25) is 0 Å². The van der Waals surface area contributed by atoms with Crippen molar-refractivity contribution in [2.45, 2.75) is 18.3 Å². The lowest BCUT2D eigenvalue weighted by Gasteiger charge is -2.19. The van der Waals surface area contributed by atoms with E-state index in [0.717, 1.165) is 16.8 Å². The van der Waals surface area contributed by atoms with Gasteiger partial charge in [0.15, 0.2) is 11.9 Å². The number of nitrogens with zero attached hydrogens (tertiary/aromatic N) is 3. The SMILES string of the molecule is CSc1nnc2c(n1)OC(c1ccc(C)cc1)Nc1ccccc1-2. The van der Waals surface area contributed by atoms with Crippen molar-refractivity contribution in [2.24, 2.45) is 0 Å². The van der Waals surface area contributed by atoms with E-state index in [0.29, 0.717) is 16.7 Å². The number of hydrogen-bond acceptors (Lipinski definition) is 6. The lowest BCUT2D eigenvalue weighted by molar-refractivity contribution is 0.225. The van der Waals surface area contributed by atoms with Crippen LogP contribution in [-0.2, 0) is 0 Å². The third-order valence-electron chi connectivity index (χ3n) is 3.90. The molecule has 1 unspecified atom stereocenters. The molecular formula is C18H16N4OS. The zero-order valence-corrected chi connectivity index (χ0v) is 14.2. The number of thioether (sulfide) groups is 1.